The predicted octanol–water partition coefficient (Wildman–Crippen LogP) is 18.6. The van der Waals surface area contributed by atoms with E-state index in [4.69, 9.17) is 9.97 Å². The van der Waals surface area contributed by atoms with E-state index in [0.29, 0.717) is 5.82 Å². The first-order valence-corrected chi connectivity index (χ1v) is 24.9. The van der Waals surface area contributed by atoms with E-state index in [1.54, 1.807) is 0 Å². The zero-order valence-corrected chi connectivity index (χ0v) is 39.6. The molecule has 328 valence electrons. The lowest BCUT2D eigenvalue weighted by Gasteiger charge is -2.22. The molecule has 2 nitrogen and oxygen atoms in total. The van der Waals surface area contributed by atoms with Gasteiger partial charge in [-0.15, -0.1) is 11.3 Å². The van der Waals surface area contributed by atoms with E-state index in [-0.39, 0.29) is 5.41 Å². The normalized spacial score (nSPS) is 12.8. The van der Waals surface area contributed by atoms with Crippen LogP contribution in [0.3, 0.4) is 0 Å². The van der Waals surface area contributed by atoms with Gasteiger partial charge in [-0.2, -0.15) is 0 Å². The predicted molar refractivity (Wildman–Crippen MR) is 298 cm³/mol. The summed E-state index contributed by atoms with van der Waals surface area (Å²) in [5.41, 5.74) is 17.2. The number of thiophene rings is 1. The summed E-state index contributed by atoms with van der Waals surface area (Å²) in [6.45, 7) is 4.70. The molecule has 0 radical (unpaired) electrons. The first-order chi connectivity index (χ1) is 34.4. The van der Waals surface area contributed by atoms with Gasteiger partial charge in [0.25, 0.3) is 0 Å². The molecule has 0 unspecified atom stereocenters. The Kier molecular flexibility index (Phi) is 9.14. The molecule has 0 saturated heterocycles. The van der Waals surface area contributed by atoms with Crippen LogP contribution < -0.4 is 0 Å². The fourth-order valence-electron chi connectivity index (χ4n) is 11.2. The first-order valence-electron chi connectivity index (χ1n) is 24.1. The van der Waals surface area contributed by atoms with E-state index >= 15 is 0 Å². The maximum Gasteiger partial charge on any atom is 0.160 e. The summed E-state index contributed by atoms with van der Waals surface area (Å²) in [6, 6.07) is 84.7. The Morgan fingerprint density at radius 1 is 0.314 bits per heavy atom. The minimum Gasteiger partial charge on any atom is -0.228 e. The van der Waals surface area contributed by atoms with Crippen molar-refractivity contribution in [2.24, 2.45) is 0 Å². The van der Waals surface area contributed by atoms with Gasteiger partial charge in [0.1, 0.15) is 0 Å². The van der Waals surface area contributed by atoms with Crippen LogP contribution in [0.2, 0.25) is 0 Å². The second-order valence-electron chi connectivity index (χ2n) is 19.3. The van der Waals surface area contributed by atoms with Crippen molar-refractivity contribution in [2.75, 3.05) is 0 Å². The van der Waals surface area contributed by atoms with Gasteiger partial charge >= 0.3 is 0 Å². The number of rotatable bonds is 6. The molecule has 0 bridgehead atoms. The number of nitrogens with zero attached hydrogens (tertiary/aromatic N) is 2. The average molecular weight is 909 g/mol. The summed E-state index contributed by atoms with van der Waals surface area (Å²) in [5.74, 6) is 0.713. The molecule has 1 aliphatic carbocycles. The molecule has 13 aromatic rings. The molecule has 11 aromatic carbocycles. The smallest absolute Gasteiger partial charge is 0.160 e. The molecule has 1 aliphatic rings. The molecule has 3 heteroatoms. The summed E-state index contributed by atoms with van der Waals surface area (Å²) in [6.07, 6.45) is 0. The van der Waals surface area contributed by atoms with Gasteiger partial charge in [-0.1, -0.05) is 178 Å². The summed E-state index contributed by atoms with van der Waals surface area (Å²) in [5, 5.41) is 9.95. The third kappa shape index (κ3) is 6.61. The summed E-state index contributed by atoms with van der Waals surface area (Å²) in [4.78, 5) is 10.7. The highest BCUT2D eigenvalue weighted by Gasteiger charge is 2.37. The maximum absolute atomic E-state index is 5.36. The third-order valence-corrected chi connectivity index (χ3v) is 16.0. The number of aromatic nitrogens is 2. The number of fused-ring (bicyclic) bond motifs is 9. The van der Waals surface area contributed by atoms with Gasteiger partial charge in [0, 0.05) is 42.3 Å². The minimum atomic E-state index is -0.160. The van der Waals surface area contributed by atoms with E-state index in [2.05, 4.69) is 238 Å². The SMILES string of the molecule is CC1(C)c2cc3ccccc3cc2-c2c(-c3cc(-c4ccc5cc(-c6cc(-c7ccc8sc9ccccc9c8c7)cc(-c7cccc8ccccc78)c6)ccc5c4)nc(-c4ccccc4)n3)cccc21. The van der Waals surface area contributed by atoms with Crippen LogP contribution in [0.1, 0.15) is 25.0 Å². The quantitative estimate of drug-likeness (QED) is 0.166. The van der Waals surface area contributed by atoms with Gasteiger partial charge in [0.15, 0.2) is 5.82 Å². The maximum atomic E-state index is 5.36. The Labute approximate surface area is 410 Å². The highest BCUT2D eigenvalue weighted by atomic mass is 32.1. The number of hydrogen-bond acceptors (Lipinski definition) is 3. The van der Waals surface area contributed by atoms with Gasteiger partial charge in [-0.25, -0.2) is 9.97 Å². The van der Waals surface area contributed by atoms with Crippen LogP contribution >= 0.6 is 11.3 Å². The molecule has 0 atom stereocenters. The molecule has 0 spiro atoms. The van der Waals surface area contributed by atoms with E-state index in [9.17, 15) is 0 Å². The minimum absolute atomic E-state index is 0.160. The van der Waals surface area contributed by atoms with Crippen molar-refractivity contribution in [3.63, 3.8) is 0 Å². The average Bonchev–Trinajstić information content (AvgIpc) is 3.90. The summed E-state index contributed by atoms with van der Waals surface area (Å²) < 4.78 is 2.63. The Balaban J connectivity index is 0.897. The van der Waals surface area contributed by atoms with Gasteiger partial charge in [0.2, 0.25) is 0 Å². The van der Waals surface area contributed by atoms with Gasteiger partial charge < -0.3 is 0 Å². The number of hydrogen-bond donors (Lipinski definition) is 0. The Morgan fingerprint density at radius 2 is 0.900 bits per heavy atom. The lowest BCUT2D eigenvalue weighted by Crippen LogP contribution is -2.14. The van der Waals surface area contributed by atoms with Crippen LogP contribution in [0, 0.1) is 0 Å². The van der Waals surface area contributed by atoms with Crippen molar-refractivity contribution in [3.8, 4) is 78.4 Å². The monoisotopic (exact) mass is 908 g/mol. The zero-order valence-electron chi connectivity index (χ0n) is 38.7. The topological polar surface area (TPSA) is 25.8 Å². The molecule has 0 N–H and O–H groups in total. The first kappa shape index (κ1) is 40.6. The highest BCUT2D eigenvalue weighted by molar-refractivity contribution is 7.25. The molecule has 14 rings (SSSR count). The molecule has 0 aliphatic heterocycles. The van der Waals surface area contributed by atoms with Crippen LogP contribution in [0.5, 0.6) is 0 Å². The Morgan fingerprint density at radius 3 is 1.73 bits per heavy atom. The molecule has 0 fully saturated rings. The lowest BCUT2D eigenvalue weighted by molar-refractivity contribution is 0.661. The van der Waals surface area contributed by atoms with E-state index in [1.807, 2.05) is 17.4 Å². The molecule has 0 saturated carbocycles. The van der Waals surface area contributed by atoms with E-state index in [0.717, 1.165) is 33.5 Å². The van der Waals surface area contributed by atoms with Crippen molar-refractivity contribution >= 4 is 63.8 Å². The van der Waals surface area contributed by atoms with Crippen LogP contribution in [-0.4, -0.2) is 9.97 Å². The fraction of sp³-hybridized carbons (Fsp3) is 0.0448. The Hall–Kier alpha value is -8.50. The van der Waals surface area contributed by atoms with E-state index in [1.165, 1.54) is 103 Å². The van der Waals surface area contributed by atoms with Gasteiger partial charge in [0.05, 0.1) is 11.4 Å². The lowest BCUT2D eigenvalue weighted by atomic mass is 9.81. The van der Waals surface area contributed by atoms with Crippen molar-refractivity contribution in [2.45, 2.75) is 19.3 Å². The van der Waals surface area contributed by atoms with Crippen LogP contribution in [0.4, 0.5) is 0 Å². The molecular formula is C67H44N2S. The second kappa shape index (κ2) is 15.8. The van der Waals surface area contributed by atoms with Crippen molar-refractivity contribution in [3.05, 3.63) is 242 Å². The van der Waals surface area contributed by atoms with E-state index < -0.39 is 0 Å². The highest BCUT2D eigenvalue weighted by Crippen LogP contribution is 2.53. The summed E-state index contributed by atoms with van der Waals surface area (Å²) in [7, 11) is 0. The standard InChI is InChI=1S/C67H44N2S/c1-67(2)59-24-13-23-56(65(59)58-38-43-17-6-7-18-44(43)39-60(58)67)62-40-61(68-66(69-62)42-15-4-3-5-16-42)49-29-28-45-32-47(27-26-46(45)33-49)50-34-51(36-52(35-50)54-22-12-19-41-14-8-9-20-53(41)54)48-30-31-64-57(37-48)55-21-10-11-25-63(55)70-64/h3-40H,1-2H3. The zero-order chi connectivity index (χ0) is 46.5. The van der Waals surface area contributed by atoms with Gasteiger partial charge in [-0.05, 0) is 155 Å². The largest absolute Gasteiger partial charge is 0.228 e. The third-order valence-electron chi connectivity index (χ3n) is 14.8. The molecule has 70 heavy (non-hydrogen) atoms. The second-order valence-corrected chi connectivity index (χ2v) is 20.4. The van der Waals surface area contributed by atoms with Crippen molar-refractivity contribution in [1.82, 2.24) is 9.97 Å². The van der Waals surface area contributed by atoms with Crippen molar-refractivity contribution < 1.29 is 0 Å². The molecule has 0 amide bonds. The van der Waals surface area contributed by atoms with Crippen molar-refractivity contribution in [1.29, 1.82) is 0 Å². The Bertz CT molecular complexity index is 4270. The van der Waals surface area contributed by atoms with Gasteiger partial charge in [-0.3, -0.25) is 0 Å². The van der Waals surface area contributed by atoms with Crippen LogP contribution in [-0.2, 0) is 5.41 Å². The summed E-state index contributed by atoms with van der Waals surface area (Å²) >= 11 is 1.86. The van der Waals surface area contributed by atoms with Crippen LogP contribution in [0.25, 0.3) is 131 Å². The molecule has 2 heterocycles. The number of benzene rings is 11. The molecule has 2 aromatic heterocycles. The fourth-order valence-corrected chi connectivity index (χ4v) is 12.3. The van der Waals surface area contributed by atoms with Crippen LogP contribution in [0.15, 0.2) is 231 Å². The molecular weight excluding hydrogens is 865 g/mol.